The molecule has 0 bridgehead atoms. The summed E-state index contributed by atoms with van der Waals surface area (Å²) in [5.74, 6) is -9.99. The van der Waals surface area contributed by atoms with Crippen LogP contribution in [0, 0.1) is 11.8 Å². The van der Waals surface area contributed by atoms with E-state index in [2.05, 4.69) is 41.6 Å². The third kappa shape index (κ3) is 25.8. The molecular weight excluding hydrogens is 1870 g/mol. The van der Waals surface area contributed by atoms with Gasteiger partial charge in [-0.1, -0.05) is 262 Å². The summed E-state index contributed by atoms with van der Waals surface area (Å²) < 4.78 is 48.1. The number of aliphatic carboxylic acids is 4. The molecule has 8 aromatic carbocycles. The Labute approximate surface area is 843 Å². The third-order valence-corrected chi connectivity index (χ3v) is 26.4. The van der Waals surface area contributed by atoms with Gasteiger partial charge in [0.1, 0.15) is 71.7 Å². The SMILES string of the molecule is CC.CC(C)C[C@H](N=C([O-])OCC1c2ccccc2-c2ccccc21)C(=O)N1C(C(=O)O)[C@H](C)OC1(C)C.CC(C)[C@H](N=C([O-])OCC1c2ccccc2-c2ccccc21)C(=O)N1C(C(=O)O)COC1(C)C.CCCCC[C@@H](C(=O)O)N(C)C(=O)[C@H](CC(=O)OC)N=C([O-])OCC1c2ccccc2-c2ccccc21.COC(=O)C[C@H](N=C([O-])OCC1c2ccccc2-c2ccccc21)C(=O)N1C(C(=O)O)COC1(C)C. The number of carbonyl (C=O) groups excluding carboxylic acids is 6. The van der Waals surface area contributed by atoms with Crippen molar-refractivity contribution in [2.24, 2.45) is 31.8 Å². The lowest BCUT2D eigenvalue weighted by atomic mass is 9.98. The highest BCUT2D eigenvalue weighted by Crippen LogP contribution is 2.49. The van der Waals surface area contributed by atoms with Gasteiger partial charge in [-0.2, -0.15) is 0 Å². The molecule has 35 nitrogen and oxygen atoms in total. The number of hydrogen-bond donors (Lipinski definition) is 4. The Morgan fingerprint density at radius 2 is 0.717 bits per heavy atom. The van der Waals surface area contributed by atoms with E-state index >= 15 is 0 Å². The zero-order valence-corrected chi connectivity index (χ0v) is 84.6. The Kier molecular flexibility index (Phi) is 37.5. The van der Waals surface area contributed by atoms with Crippen LogP contribution in [0.15, 0.2) is 214 Å². The molecule has 3 heterocycles. The van der Waals surface area contributed by atoms with Crippen molar-refractivity contribution in [3.8, 4) is 44.5 Å². The molecular formula is C110H128N8O27-4. The summed E-state index contributed by atoms with van der Waals surface area (Å²) in [4.78, 5) is 145. The standard InChI is InChI=1S/C28H34N2O7.C28H34N2O6.C26H28N2O8.C26H30N2O6.C2H6/c1-4-5-6-15-24(27(33)34)30(2)26(32)23(16-25(31)36-3)29-28(35)37-17-22-20-13-9-7-11-18(20)19-12-8-10-14-21(19)22;1-16(2)14-23(25(31)30-24(26(32)33)17(3)36-28(30,4)5)29-27(34)35-15-22-20-12-8-6-10-18(20)19-11-7-9-13-21(19)22;1-26(2)28(21(14-36-26)24(31)32)23(30)20(12-22(29)34-3)27-25(33)35-13-19-17-10-6-4-8-15(17)16-9-5-7-11-18(16)19;1-15(2)22(23(29)28-21(24(30)31)14-34-26(28,3)4)27-25(32)33-13-20-18-11-7-5-9-16(18)17-10-6-8-12-19(17)20;1-2/h7-14,22-24H,4-6,15-17H2,1-3H3,(H,29,35)(H,33,34);6-13,16-17,22-24H,14-15H2,1-5H3,(H,29,34)(H,32,33);4-11,19-21H,12-14H2,1-3H3,(H,27,33)(H,31,32);5-12,15,20-22H,13-14H2,1-4H3,(H,27,32)(H,30,31);1-2H3/p-4/t23-,24-;17-,23-,24?;20-,21?;21?,22-;/m0000./s1. The van der Waals surface area contributed by atoms with E-state index in [-0.39, 0.29) is 88.0 Å². The van der Waals surface area contributed by atoms with E-state index < -0.39 is 168 Å². The number of benzene rings is 8. The molecule has 0 spiro atoms. The number of carboxylic acid groups (broad SMARTS) is 4. The largest absolute Gasteiger partial charge is 0.599 e. The van der Waals surface area contributed by atoms with Crippen molar-refractivity contribution in [3.05, 3.63) is 239 Å². The second-order valence-electron chi connectivity index (χ2n) is 37.9. The molecule has 774 valence electrons. The Bertz CT molecular complexity index is 5930. The topological polar surface area (TPSA) is 489 Å². The molecule has 4 amide bonds. The van der Waals surface area contributed by atoms with Gasteiger partial charge in [-0.25, -0.2) is 19.2 Å². The predicted octanol–water partition coefficient (Wildman–Crippen LogP) is 11.5. The van der Waals surface area contributed by atoms with Crippen molar-refractivity contribution in [3.63, 3.8) is 0 Å². The number of carbonyl (C=O) groups is 10. The molecule has 0 radical (unpaired) electrons. The van der Waals surface area contributed by atoms with Gasteiger partial charge < -0.3 is 88.4 Å². The molecule has 3 unspecified atom stereocenters. The molecule has 15 rings (SSSR count). The van der Waals surface area contributed by atoms with Crippen LogP contribution >= 0.6 is 0 Å². The van der Waals surface area contributed by atoms with Crippen LogP contribution in [0.25, 0.3) is 44.5 Å². The van der Waals surface area contributed by atoms with Gasteiger partial charge in [-0.15, -0.1) is 0 Å². The molecule has 3 saturated heterocycles. The molecule has 7 aliphatic rings. The summed E-state index contributed by atoms with van der Waals surface area (Å²) >= 11 is 0. The van der Waals surface area contributed by atoms with E-state index in [1.54, 1.807) is 48.5 Å². The number of rotatable bonds is 32. The van der Waals surface area contributed by atoms with Gasteiger partial charge in [0.2, 0.25) is 5.91 Å². The summed E-state index contributed by atoms with van der Waals surface area (Å²) in [6.45, 7) is 24.3. The molecule has 9 atom stereocenters. The normalized spacial score (nSPS) is 18.7. The van der Waals surface area contributed by atoms with Crippen molar-refractivity contribution in [1.29, 1.82) is 0 Å². The van der Waals surface area contributed by atoms with Crippen molar-refractivity contribution in [2.75, 3.05) is 60.9 Å². The van der Waals surface area contributed by atoms with Crippen LogP contribution in [-0.4, -0.2) is 256 Å². The van der Waals surface area contributed by atoms with Crippen LogP contribution in [-0.2, 0) is 90.6 Å². The highest BCUT2D eigenvalue weighted by Gasteiger charge is 2.55. The first kappa shape index (κ1) is 111. The number of ether oxygens (including phenoxy) is 9. The first-order valence-corrected chi connectivity index (χ1v) is 48.5. The minimum absolute atomic E-state index is 0.000102. The zero-order valence-electron chi connectivity index (χ0n) is 84.6. The Balaban J connectivity index is 0.000000183. The molecule has 0 aromatic heterocycles. The summed E-state index contributed by atoms with van der Waals surface area (Å²) in [5, 5.41) is 89.5. The number of carboxylic acids is 4. The van der Waals surface area contributed by atoms with E-state index in [4.69, 9.17) is 33.2 Å². The average Bonchev–Trinajstić information content (AvgIpc) is 1.56. The van der Waals surface area contributed by atoms with Crippen molar-refractivity contribution >= 4 is 83.8 Å². The number of methoxy groups -OCH3 is 2. The second-order valence-corrected chi connectivity index (χ2v) is 37.9. The monoisotopic (exact) mass is 1990 g/mol. The number of fused-ring (bicyclic) bond motifs is 12. The van der Waals surface area contributed by atoms with Crippen LogP contribution in [0.1, 0.15) is 210 Å². The van der Waals surface area contributed by atoms with E-state index in [1.165, 1.54) is 30.7 Å². The quantitative estimate of drug-likeness (QED) is 0.0132. The molecule has 145 heavy (non-hydrogen) atoms. The lowest BCUT2D eigenvalue weighted by Crippen LogP contribution is -2.55. The maximum absolute atomic E-state index is 13.6. The second kappa shape index (κ2) is 49.1. The van der Waals surface area contributed by atoms with Gasteiger partial charge in [0.15, 0.2) is 18.1 Å². The molecule has 4 N–H and O–H groups in total. The van der Waals surface area contributed by atoms with Crippen LogP contribution in [0.4, 0.5) is 0 Å². The third-order valence-electron chi connectivity index (χ3n) is 26.4. The smallest absolute Gasteiger partial charge is 0.329 e. The number of esters is 2. The highest BCUT2D eigenvalue weighted by molar-refractivity contribution is 5.95. The summed E-state index contributed by atoms with van der Waals surface area (Å²) in [5.41, 5.74) is 13.5. The van der Waals surface area contributed by atoms with E-state index in [0.29, 0.717) is 6.42 Å². The number of aliphatic imine (C=N–C) groups is 4. The average molecular weight is 1990 g/mol. The minimum Gasteiger partial charge on any atom is -0.599 e. The minimum atomic E-state index is -1.53. The Morgan fingerprint density at radius 1 is 0.421 bits per heavy atom. The van der Waals surface area contributed by atoms with Crippen molar-refractivity contribution in [2.45, 2.75) is 237 Å². The van der Waals surface area contributed by atoms with Crippen molar-refractivity contribution < 1.29 is 131 Å². The molecule has 3 aliphatic heterocycles. The van der Waals surface area contributed by atoms with E-state index in [0.717, 1.165) is 126 Å². The Hall–Kier alpha value is -14.6. The van der Waals surface area contributed by atoms with Crippen LogP contribution in [0.3, 0.4) is 0 Å². The summed E-state index contributed by atoms with van der Waals surface area (Å²) in [6.07, 6.45) is -2.63. The van der Waals surface area contributed by atoms with Gasteiger partial charge in [-0.3, -0.25) is 63.4 Å². The van der Waals surface area contributed by atoms with Gasteiger partial charge in [0.25, 0.3) is 17.7 Å². The highest BCUT2D eigenvalue weighted by atomic mass is 16.6. The van der Waals surface area contributed by atoms with E-state index in [1.807, 2.05) is 217 Å². The number of likely N-dealkylation sites (N-methyl/N-ethyl adjacent to an activating group) is 1. The molecule has 8 aromatic rings. The predicted molar refractivity (Wildman–Crippen MR) is 530 cm³/mol. The van der Waals surface area contributed by atoms with Gasteiger partial charge in [0, 0.05) is 57.1 Å². The van der Waals surface area contributed by atoms with Gasteiger partial charge in [0.05, 0.1) is 46.4 Å². The van der Waals surface area contributed by atoms with E-state index in [9.17, 15) is 88.8 Å². The fourth-order valence-electron chi connectivity index (χ4n) is 19.6. The maximum Gasteiger partial charge on any atom is 0.329 e. The number of nitrogens with zero attached hydrogens (tertiary/aromatic N) is 8. The first-order chi connectivity index (χ1) is 69.0. The molecule has 0 saturated carbocycles. The fourth-order valence-corrected chi connectivity index (χ4v) is 19.6. The van der Waals surface area contributed by atoms with Crippen LogP contribution in [0.2, 0.25) is 0 Å². The molecule has 3 fully saturated rings. The molecule has 4 aliphatic carbocycles. The summed E-state index contributed by atoms with van der Waals surface area (Å²) in [7, 11) is 3.64. The molecule has 35 heteroatoms. The lowest BCUT2D eigenvalue weighted by molar-refractivity contribution is -0.252. The maximum atomic E-state index is 13.6. The Morgan fingerprint density at radius 3 is 1.01 bits per heavy atom. The zero-order chi connectivity index (χ0) is 106. The number of unbranched alkanes of at least 4 members (excludes halogenated alkanes) is 2. The van der Waals surface area contributed by atoms with Gasteiger partial charge >= 0.3 is 35.8 Å². The summed E-state index contributed by atoms with van der Waals surface area (Å²) in [6, 6.07) is 53.6. The van der Waals surface area contributed by atoms with Gasteiger partial charge in [-0.05, 0) is 162 Å². The number of hydrogen-bond acceptors (Lipinski definition) is 27. The number of amides is 4. The van der Waals surface area contributed by atoms with Crippen LogP contribution in [0.5, 0.6) is 0 Å². The first-order valence-electron chi connectivity index (χ1n) is 48.5. The van der Waals surface area contributed by atoms with Crippen molar-refractivity contribution in [1.82, 2.24) is 19.6 Å². The fraction of sp³-hybridized carbons (Fsp3) is 0.436. The van der Waals surface area contributed by atoms with Crippen LogP contribution < -0.4 is 20.4 Å². The lowest BCUT2D eigenvalue weighted by Gasteiger charge is -2.35.